The number of hydrogen-bond acceptors (Lipinski definition) is 5. The van der Waals surface area contributed by atoms with Crippen molar-refractivity contribution in [2.75, 3.05) is 0 Å². The monoisotopic (exact) mass is 399 g/mol. The Bertz CT molecular complexity index is 897. The van der Waals surface area contributed by atoms with E-state index < -0.39 is 23.0 Å². The van der Waals surface area contributed by atoms with Crippen molar-refractivity contribution >= 4 is 0 Å². The predicted octanol–water partition coefficient (Wildman–Crippen LogP) is 5.20. The van der Waals surface area contributed by atoms with E-state index in [4.69, 9.17) is 9.47 Å². The Morgan fingerprint density at radius 3 is 2.52 bits per heavy atom. The Morgan fingerprint density at radius 1 is 1.10 bits per heavy atom. The number of fused-ring (bicyclic) bond motifs is 1. The summed E-state index contributed by atoms with van der Waals surface area (Å²) < 4.78 is 13.8. The molecular formula is C24H33NO4. The molecule has 2 saturated heterocycles. The number of aromatic hydroxyl groups is 1. The first-order valence-corrected chi connectivity index (χ1v) is 11.1. The molecule has 1 aromatic carbocycles. The molecule has 0 amide bonds. The van der Waals surface area contributed by atoms with Gasteiger partial charge in [0.2, 0.25) is 0 Å². The van der Waals surface area contributed by atoms with Gasteiger partial charge in [0.1, 0.15) is 11.4 Å². The Kier molecular flexibility index (Phi) is 3.77. The van der Waals surface area contributed by atoms with Crippen molar-refractivity contribution in [1.29, 1.82) is 0 Å². The first kappa shape index (κ1) is 19.5. The maximum absolute atomic E-state index is 12.1. The van der Waals surface area contributed by atoms with E-state index in [0.717, 1.165) is 31.2 Å². The summed E-state index contributed by atoms with van der Waals surface area (Å²) in [5.74, 6) is -0.173. The first-order valence-electron chi connectivity index (χ1n) is 11.1. The molecule has 4 aliphatic rings. The van der Waals surface area contributed by atoms with Crippen molar-refractivity contribution in [1.82, 2.24) is 0 Å². The van der Waals surface area contributed by atoms with Crippen molar-refractivity contribution in [2.24, 2.45) is 28.3 Å². The molecule has 1 N–H and O–H groups in total. The van der Waals surface area contributed by atoms with Crippen molar-refractivity contribution < 1.29 is 14.6 Å². The summed E-state index contributed by atoms with van der Waals surface area (Å²) >= 11 is 0. The van der Waals surface area contributed by atoms with Gasteiger partial charge in [0, 0.05) is 17.3 Å². The largest absolute Gasteiger partial charge is 0.508 e. The lowest BCUT2D eigenvalue weighted by molar-refractivity contribution is -0.377. The van der Waals surface area contributed by atoms with E-state index in [9.17, 15) is 10.0 Å². The summed E-state index contributed by atoms with van der Waals surface area (Å²) in [4.78, 5) is 12.1. The summed E-state index contributed by atoms with van der Waals surface area (Å²) in [6, 6.07) is 3.32. The second-order valence-electron chi connectivity index (χ2n) is 10.8. The van der Waals surface area contributed by atoms with Crippen LogP contribution >= 0.6 is 0 Å². The molecule has 158 valence electrons. The molecule has 2 aliphatic heterocycles. The van der Waals surface area contributed by atoms with Crippen LogP contribution in [0.5, 0.6) is 5.75 Å². The fraction of sp³-hybridized carbons (Fsp3) is 0.750. The number of benzene rings is 1. The zero-order valence-corrected chi connectivity index (χ0v) is 18.4. The molecule has 1 saturated carbocycles. The average Bonchev–Trinajstić information content (AvgIpc) is 3.00. The van der Waals surface area contributed by atoms with Crippen LogP contribution in [-0.2, 0) is 21.5 Å². The average molecular weight is 400 g/mol. The van der Waals surface area contributed by atoms with E-state index >= 15 is 0 Å². The van der Waals surface area contributed by atoms with Crippen molar-refractivity contribution in [2.45, 2.75) is 90.3 Å². The molecule has 2 bridgehead atoms. The molecule has 5 nitrogen and oxygen atoms in total. The third kappa shape index (κ3) is 2.04. The number of phenolic OH excluding ortho intramolecular Hbond substituents is 1. The Morgan fingerprint density at radius 2 is 1.83 bits per heavy atom. The number of nitroso groups, excluding NO2 is 1. The molecule has 3 fully saturated rings. The highest BCUT2D eigenvalue weighted by Gasteiger charge is 2.75. The molecule has 2 aliphatic carbocycles. The lowest BCUT2D eigenvalue weighted by Gasteiger charge is -2.61. The molecule has 0 radical (unpaired) electrons. The van der Waals surface area contributed by atoms with Gasteiger partial charge in [-0.15, -0.1) is 0 Å². The van der Waals surface area contributed by atoms with Crippen LogP contribution in [0.2, 0.25) is 0 Å². The van der Waals surface area contributed by atoms with E-state index in [0.29, 0.717) is 11.7 Å². The fourth-order valence-electron chi connectivity index (χ4n) is 7.49. The number of nitrogens with zero attached hydrogens (tertiary/aromatic N) is 1. The molecule has 0 aromatic heterocycles. The van der Waals surface area contributed by atoms with Gasteiger partial charge < -0.3 is 14.6 Å². The van der Waals surface area contributed by atoms with E-state index in [1.54, 1.807) is 6.07 Å². The zero-order chi connectivity index (χ0) is 21.0. The molecule has 29 heavy (non-hydrogen) atoms. The molecule has 1 aromatic rings. The summed E-state index contributed by atoms with van der Waals surface area (Å²) in [7, 11) is 0. The summed E-state index contributed by atoms with van der Waals surface area (Å²) in [5, 5.41) is 13.9. The van der Waals surface area contributed by atoms with Crippen LogP contribution in [0.15, 0.2) is 17.3 Å². The van der Waals surface area contributed by atoms with Crippen LogP contribution in [0.3, 0.4) is 0 Å². The number of phenols is 1. The normalized spacial score (nSPS) is 47.1. The van der Waals surface area contributed by atoms with Crippen molar-refractivity contribution in [3.05, 3.63) is 33.7 Å². The molecule has 5 heteroatoms. The van der Waals surface area contributed by atoms with E-state index in [1.807, 2.05) is 26.8 Å². The standard InChI is InChI=1S/C24H33NO4/c1-13-16-9-11-22(6)17-10-12-23(22,18(16)7-8-19(13)26)29-24(14(17)2)20(25-27)15(3)21(4,5)28-24/h7-8,14-15,17,20,26H,9-12H2,1-6H3. The van der Waals surface area contributed by atoms with E-state index in [-0.39, 0.29) is 17.3 Å². The lowest BCUT2D eigenvalue weighted by atomic mass is 9.55. The van der Waals surface area contributed by atoms with Gasteiger partial charge in [-0.05, 0) is 75.1 Å². The molecule has 5 rings (SSSR count). The Labute approximate surface area is 173 Å². The van der Waals surface area contributed by atoms with Gasteiger partial charge in [-0.2, -0.15) is 4.91 Å². The SMILES string of the molecule is Cc1c(O)ccc2c1CCC1(C)C3CCC21OC1(OC(C)(C)C(C)C1N=O)C3C. The number of ether oxygens (including phenoxy) is 2. The maximum Gasteiger partial charge on any atom is 0.199 e. The van der Waals surface area contributed by atoms with Crippen LogP contribution < -0.4 is 0 Å². The van der Waals surface area contributed by atoms with Gasteiger partial charge in [-0.1, -0.05) is 32.0 Å². The van der Waals surface area contributed by atoms with E-state index in [1.165, 1.54) is 11.1 Å². The second-order valence-corrected chi connectivity index (χ2v) is 10.8. The number of rotatable bonds is 1. The third-order valence-corrected chi connectivity index (χ3v) is 9.54. The van der Waals surface area contributed by atoms with Crippen molar-refractivity contribution in [3.8, 4) is 5.75 Å². The summed E-state index contributed by atoms with van der Waals surface area (Å²) in [6.45, 7) is 12.7. The highest BCUT2D eigenvalue weighted by Crippen LogP contribution is 2.72. The molecule has 7 unspecified atom stereocenters. The Balaban J connectivity index is 1.73. The zero-order valence-electron chi connectivity index (χ0n) is 18.4. The third-order valence-electron chi connectivity index (χ3n) is 9.54. The van der Waals surface area contributed by atoms with Gasteiger partial charge in [0.05, 0.1) is 5.60 Å². The minimum atomic E-state index is -0.994. The minimum Gasteiger partial charge on any atom is -0.508 e. The van der Waals surface area contributed by atoms with Crippen LogP contribution in [0.4, 0.5) is 0 Å². The smallest absolute Gasteiger partial charge is 0.199 e. The van der Waals surface area contributed by atoms with Gasteiger partial charge in [0.15, 0.2) is 11.8 Å². The maximum atomic E-state index is 12.1. The van der Waals surface area contributed by atoms with Crippen molar-refractivity contribution in [3.63, 3.8) is 0 Å². The topological polar surface area (TPSA) is 68.1 Å². The molecular weight excluding hydrogens is 366 g/mol. The summed E-state index contributed by atoms with van der Waals surface area (Å²) in [6.07, 6.45) is 3.95. The quantitative estimate of drug-likeness (QED) is 0.659. The highest BCUT2D eigenvalue weighted by atomic mass is 16.7. The fourth-order valence-corrected chi connectivity index (χ4v) is 7.49. The minimum absolute atomic E-state index is 0.0131. The van der Waals surface area contributed by atoms with Crippen LogP contribution in [0, 0.1) is 35.0 Å². The summed E-state index contributed by atoms with van der Waals surface area (Å²) in [5.41, 5.74) is 2.35. The van der Waals surface area contributed by atoms with Gasteiger partial charge in [-0.3, -0.25) is 0 Å². The van der Waals surface area contributed by atoms with Crippen LogP contribution in [0.1, 0.15) is 70.6 Å². The van der Waals surface area contributed by atoms with Gasteiger partial charge in [-0.25, -0.2) is 0 Å². The molecule has 7 atom stereocenters. The van der Waals surface area contributed by atoms with Gasteiger partial charge >= 0.3 is 0 Å². The highest BCUT2D eigenvalue weighted by molar-refractivity contribution is 5.50. The first-order chi connectivity index (χ1) is 13.5. The van der Waals surface area contributed by atoms with Gasteiger partial charge in [0.25, 0.3) is 0 Å². The van der Waals surface area contributed by atoms with E-state index in [2.05, 4.69) is 25.9 Å². The predicted molar refractivity (Wildman–Crippen MR) is 111 cm³/mol. The number of hydrogen-bond donors (Lipinski definition) is 1. The van der Waals surface area contributed by atoms with Crippen LogP contribution in [-0.4, -0.2) is 22.5 Å². The lowest BCUT2D eigenvalue weighted by Crippen LogP contribution is -2.65. The Hall–Kier alpha value is -1.46. The second kappa shape index (κ2) is 5.61. The molecule has 2 heterocycles. The van der Waals surface area contributed by atoms with Crippen LogP contribution in [0.25, 0.3) is 0 Å². The molecule has 1 spiro atoms.